The average molecular weight is 201 g/mol. The molecule has 0 unspecified atom stereocenters. The van der Waals surface area contributed by atoms with Gasteiger partial charge in [-0.2, -0.15) is 0 Å². The minimum atomic E-state index is -0.0116. The maximum atomic E-state index is 11.3. The van der Waals surface area contributed by atoms with Crippen LogP contribution in [0.3, 0.4) is 0 Å². The summed E-state index contributed by atoms with van der Waals surface area (Å²) in [6, 6.07) is 0. The quantitative estimate of drug-likeness (QED) is 0.676. The second-order valence-corrected chi connectivity index (χ2v) is 5.11. The minimum Gasteiger partial charge on any atom is -0.466 e. The lowest BCUT2D eigenvalue weighted by atomic mass is 9.79. The molecule has 0 bridgehead atoms. The number of hydrogen-bond donors (Lipinski definition) is 1. The Morgan fingerprint density at radius 2 is 2.46 bits per heavy atom. The summed E-state index contributed by atoms with van der Waals surface area (Å²) in [5, 5.41) is 3.45. The van der Waals surface area contributed by atoms with Crippen LogP contribution in [0.2, 0.25) is 0 Å². The summed E-state index contributed by atoms with van der Waals surface area (Å²) in [4.78, 5) is 11.5. The third-order valence-electron chi connectivity index (χ3n) is 2.70. The van der Waals surface area contributed by atoms with E-state index in [1.54, 1.807) is 0 Å². The van der Waals surface area contributed by atoms with Crippen LogP contribution in [-0.2, 0) is 9.53 Å². The van der Waals surface area contributed by atoms with E-state index in [1.165, 1.54) is 5.75 Å². The van der Waals surface area contributed by atoms with Crippen LogP contribution in [0.4, 0.5) is 0 Å². The van der Waals surface area contributed by atoms with E-state index in [0.717, 1.165) is 19.4 Å². The van der Waals surface area contributed by atoms with Gasteiger partial charge in [0, 0.05) is 12.3 Å². The molecule has 0 aromatic rings. The molecule has 2 rings (SSSR count). The predicted molar refractivity (Wildman–Crippen MR) is 52.5 cm³/mol. The summed E-state index contributed by atoms with van der Waals surface area (Å²) in [5.41, 5.74) is 0. The van der Waals surface area contributed by atoms with Gasteiger partial charge in [0.2, 0.25) is 0 Å². The largest absolute Gasteiger partial charge is 0.466 e. The highest BCUT2D eigenvalue weighted by Crippen LogP contribution is 2.48. The van der Waals surface area contributed by atoms with Gasteiger partial charge in [0.15, 0.2) is 0 Å². The molecule has 1 aliphatic carbocycles. The highest BCUT2D eigenvalue weighted by Gasteiger charge is 2.50. The van der Waals surface area contributed by atoms with Gasteiger partial charge >= 0.3 is 5.97 Å². The van der Waals surface area contributed by atoms with Gasteiger partial charge in [0.05, 0.1) is 17.4 Å². The fourth-order valence-electron chi connectivity index (χ4n) is 2.00. The summed E-state index contributed by atoms with van der Waals surface area (Å²) in [7, 11) is 0. The number of nitrogens with one attached hydrogen (secondary N) is 1. The molecular weight excluding hydrogens is 186 g/mol. The van der Waals surface area contributed by atoms with E-state index in [2.05, 4.69) is 5.32 Å². The van der Waals surface area contributed by atoms with Gasteiger partial charge in [0.25, 0.3) is 0 Å². The first kappa shape index (κ1) is 9.34. The maximum absolute atomic E-state index is 11.3. The number of ether oxygens (including phenoxy) is 1. The molecule has 2 aliphatic rings. The van der Waals surface area contributed by atoms with Crippen molar-refractivity contribution in [3.8, 4) is 0 Å². The van der Waals surface area contributed by atoms with E-state index < -0.39 is 0 Å². The lowest BCUT2D eigenvalue weighted by Crippen LogP contribution is -2.51. The van der Waals surface area contributed by atoms with Crippen LogP contribution in [0.1, 0.15) is 19.8 Å². The zero-order valence-electron chi connectivity index (χ0n) is 7.84. The van der Waals surface area contributed by atoms with Crippen molar-refractivity contribution in [3.63, 3.8) is 0 Å². The van der Waals surface area contributed by atoms with Crippen molar-refractivity contribution in [1.29, 1.82) is 0 Å². The Hall–Kier alpha value is -0.220. The van der Waals surface area contributed by atoms with Gasteiger partial charge in [-0.05, 0) is 19.8 Å². The van der Waals surface area contributed by atoms with Gasteiger partial charge in [-0.3, -0.25) is 4.79 Å². The van der Waals surface area contributed by atoms with E-state index in [4.69, 9.17) is 4.74 Å². The Morgan fingerprint density at radius 3 is 3.00 bits per heavy atom. The summed E-state index contributed by atoms with van der Waals surface area (Å²) >= 11 is 1.95. The predicted octanol–water partition coefficient (Wildman–Crippen LogP) is 0.992. The van der Waals surface area contributed by atoms with Crippen LogP contribution in [0, 0.1) is 5.92 Å². The van der Waals surface area contributed by atoms with Gasteiger partial charge in [0.1, 0.15) is 0 Å². The third-order valence-corrected chi connectivity index (χ3v) is 4.14. The highest BCUT2D eigenvalue weighted by molar-refractivity contribution is 8.00. The fourth-order valence-corrected chi connectivity index (χ4v) is 3.44. The summed E-state index contributed by atoms with van der Waals surface area (Å²) < 4.78 is 4.97. The second-order valence-electron chi connectivity index (χ2n) is 3.63. The van der Waals surface area contributed by atoms with Crippen LogP contribution in [0.15, 0.2) is 0 Å². The zero-order chi connectivity index (χ0) is 9.31. The molecule has 0 aromatic heterocycles. The van der Waals surface area contributed by atoms with Crippen LogP contribution in [0.25, 0.3) is 0 Å². The van der Waals surface area contributed by atoms with Crippen LogP contribution in [-0.4, -0.2) is 29.7 Å². The molecule has 1 heterocycles. The molecule has 1 aliphatic heterocycles. The van der Waals surface area contributed by atoms with E-state index in [1.807, 2.05) is 18.7 Å². The van der Waals surface area contributed by atoms with Gasteiger partial charge in [-0.15, -0.1) is 11.8 Å². The molecule has 13 heavy (non-hydrogen) atoms. The second kappa shape index (κ2) is 3.50. The molecule has 0 amide bonds. The van der Waals surface area contributed by atoms with Crippen LogP contribution < -0.4 is 5.32 Å². The first-order valence-corrected chi connectivity index (χ1v) is 5.80. The average Bonchev–Trinajstić information content (AvgIpc) is 2.49. The summed E-state index contributed by atoms with van der Waals surface area (Å²) in [6.45, 7) is 3.44. The van der Waals surface area contributed by atoms with Crippen LogP contribution in [0.5, 0.6) is 0 Å². The lowest BCUT2D eigenvalue weighted by Gasteiger charge is -2.42. The molecule has 4 heteroatoms. The standard InChI is InChI=1S/C9H15NO2S/c1-2-12-8(11)7-5-9(6-7)10-3-4-13-9/h7,10H,2-6H2,1H3. The molecule has 1 saturated heterocycles. The number of rotatable bonds is 2. The van der Waals surface area contributed by atoms with E-state index in [9.17, 15) is 4.79 Å². The molecule has 0 radical (unpaired) electrons. The molecule has 0 atom stereocenters. The Labute approximate surface area is 82.6 Å². The molecule has 1 N–H and O–H groups in total. The molecule has 1 saturated carbocycles. The molecule has 2 fully saturated rings. The molecule has 74 valence electrons. The SMILES string of the molecule is CCOC(=O)C1CC2(C1)NCCS2. The third kappa shape index (κ3) is 1.70. The number of carbonyl (C=O) groups excluding carboxylic acids is 1. The van der Waals surface area contributed by atoms with Crippen molar-refractivity contribution in [1.82, 2.24) is 5.32 Å². The Morgan fingerprint density at radius 1 is 1.69 bits per heavy atom. The summed E-state index contributed by atoms with van der Waals surface area (Å²) in [5.74, 6) is 1.32. The first-order chi connectivity index (χ1) is 6.26. The molecule has 0 aromatic carbocycles. The monoisotopic (exact) mass is 201 g/mol. The van der Waals surface area contributed by atoms with Crippen molar-refractivity contribution in [2.75, 3.05) is 18.9 Å². The fraction of sp³-hybridized carbons (Fsp3) is 0.889. The smallest absolute Gasteiger partial charge is 0.309 e. The van der Waals surface area contributed by atoms with E-state index >= 15 is 0 Å². The number of hydrogen-bond acceptors (Lipinski definition) is 4. The molecular formula is C9H15NO2S. The number of carbonyl (C=O) groups is 1. The lowest BCUT2D eigenvalue weighted by molar-refractivity contribution is -0.152. The molecule has 3 nitrogen and oxygen atoms in total. The van der Waals surface area contributed by atoms with E-state index in [0.29, 0.717) is 6.61 Å². The summed E-state index contributed by atoms with van der Waals surface area (Å²) in [6.07, 6.45) is 1.91. The minimum absolute atomic E-state index is 0.0116. The first-order valence-electron chi connectivity index (χ1n) is 4.81. The van der Waals surface area contributed by atoms with Crippen molar-refractivity contribution < 1.29 is 9.53 Å². The van der Waals surface area contributed by atoms with Gasteiger partial charge < -0.3 is 10.1 Å². The zero-order valence-corrected chi connectivity index (χ0v) is 8.65. The Kier molecular flexibility index (Phi) is 2.51. The van der Waals surface area contributed by atoms with Crippen molar-refractivity contribution in [2.45, 2.75) is 24.6 Å². The Balaban J connectivity index is 1.80. The topological polar surface area (TPSA) is 38.3 Å². The van der Waals surface area contributed by atoms with Gasteiger partial charge in [-0.25, -0.2) is 0 Å². The van der Waals surface area contributed by atoms with Crippen molar-refractivity contribution in [2.24, 2.45) is 5.92 Å². The normalized spacial score (nSPS) is 37.5. The molecule has 1 spiro atoms. The number of esters is 1. The van der Waals surface area contributed by atoms with Crippen LogP contribution >= 0.6 is 11.8 Å². The highest BCUT2D eigenvalue weighted by atomic mass is 32.2. The Bertz CT molecular complexity index is 206. The van der Waals surface area contributed by atoms with Gasteiger partial charge in [-0.1, -0.05) is 0 Å². The maximum Gasteiger partial charge on any atom is 0.309 e. The van der Waals surface area contributed by atoms with E-state index in [-0.39, 0.29) is 16.8 Å². The van der Waals surface area contributed by atoms with Crippen molar-refractivity contribution >= 4 is 17.7 Å². The van der Waals surface area contributed by atoms with Crippen molar-refractivity contribution in [3.05, 3.63) is 0 Å². The number of thioether (sulfide) groups is 1.